The molecule has 2 aromatic rings. The molecule has 0 saturated carbocycles. The van der Waals surface area contributed by atoms with Crippen LogP contribution in [-0.4, -0.2) is 12.5 Å². The first-order valence-corrected chi connectivity index (χ1v) is 8.89. The summed E-state index contributed by atoms with van der Waals surface area (Å²) < 4.78 is 6.25. The fourth-order valence-corrected chi connectivity index (χ4v) is 2.81. The molecule has 0 spiro atoms. The highest BCUT2D eigenvalue weighted by Gasteiger charge is 2.16. The Morgan fingerprint density at radius 3 is 2.50 bits per heavy atom. The summed E-state index contributed by atoms with van der Waals surface area (Å²) in [6.07, 6.45) is 0. The molecule has 0 aliphatic heterocycles. The quantitative estimate of drug-likeness (QED) is 0.638. The van der Waals surface area contributed by atoms with E-state index in [2.05, 4.69) is 42.0 Å². The van der Waals surface area contributed by atoms with E-state index in [4.69, 9.17) is 27.9 Å². The standard InChI is InChI=1S/C18H18BrCl2NO2/c1-18(2,3)11-4-7-15(13(19)8-11)22-17(23)10-24-16-9-12(20)5-6-14(16)21/h4-9H,10H2,1-3H3,(H,22,23). The van der Waals surface area contributed by atoms with Crippen molar-refractivity contribution in [1.82, 2.24) is 0 Å². The molecule has 128 valence electrons. The highest BCUT2D eigenvalue weighted by molar-refractivity contribution is 9.10. The lowest BCUT2D eigenvalue weighted by atomic mass is 9.87. The third-order valence-corrected chi connectivity index (χ3v) is 4.56. The third kappa shape index (κ3) is 5.13. The minimum atomic E-state index is -0.282. The first kappa shape index (κ1) is 19.1. The highest BCUT2D eigenvalue weighted by Crippen LogP contribution is 2.30. The Labute approximate surface area is 160 Å². The van der Waals surface area contributed by atoms with Gasteiger partial charge in [0.05, 0.1) is 10.7 Å². The molecule has 0 aromatic heterocycles. The van der Waals surface area contributed by atoms with Gasteiger partial charge in [0.1, 0.15) is 5.75 Å². The molecule has 0 aliphatic carbocycles. The summed E-state index contributed by atoms with van der Waals surface area (Å²) in [6, 6.07) is 10.7. The number of hydrogen-bond donors (Lipinski definition) is 1. The molecule has 6 heteroatoms. The monoisotopic (exact) mass is 429 g/mol. The van der Waals surface area contributed by atoms with Gasteiger partial charge >= 0.3 is 0 Å². The van der Waals surface area contributed by atoms with Crippen LogP contribution in [0.3, 0.4) is 0 Å². The third-order valence-electron chi connectivity index (χ3n) is 3.36. The number of anilines is 1. The van der Waals surface area contributed by atoms with Gasteiger partial charge in [0, 0.05) is 15.6 Å². The molecule has 0 saturated heterocycles. The minimum absolute atomic E-state index is 0.0392. The second-order valence-corrected chi connectivity index (χ2v) is 8.05. The normalized spacial score (nSPS) is 11.2. The average molecular weight is 431 g/mol. The van der Waals surface area contributed by atoms with Crippen molar-refractivity contribution in [2.45, 2.75) is 26.2 Å². The maximum Gasteiger partial charge on any atom is 0.262 e. The van der Waals surface area contributed by atoms with Crippen LogP contribution in [0.4, 0.5) is 5.69 Å². The van der Waals surface area contributed by atoms with Crippen LogP contribution in [0.25, 0.3) is 0 Å². The predicted octanol–water partition coefficient (Wildman–Crippen LogP) is 6.07. The van der Waals surface area contributed by atoms with E-state index in [9.17, 15) is 4.79 Å². The van der Waals surface area contributed by atoms with Crippen LogP contribution in [0.1, 0.15) is 26.3 Å². The van der Waals surface area contributed by atoms with Gasteiger partial charge in [0.2, 0.25) is 0 Å². The van der Waals surface area contributed by atoms with Crippen LogP contribution < -0.4 is 10.1 Å². The molecule has 0 heterocycles. The molecule has 1 N–H and O–H groups in total. The zero-order valence-electron chi connectivity index (χ0n) is 13.6. The molecule has 0 fully saturated rings. The number of hydrogen-bond acceptors (Lipinski definition) is 2. The topological polar surface area (TPSA) is 38.3 Å². The number of ether oxygens (including phenoxy) is 1. The van der Waals surface area contributed by atoms with Crippen LogP contribution >= 0.6 is 39.1 Å². The van der Waals surface area contributed by atoms with Crippen LogP contribution in [0, 0.1) is 0 Å². The molecular weight excluding hydrogens is 413 g/mol. The second-order valence-electron chi connectivity index (χ2n) is 6.36. The van der Waals surface area contributed by atoms with Crippen molar-refractivity contribution in [3.8, 4) is 5.75 Å². The lowest BCUT2D eigenvalue weighted by molar-refractivity contribution is -0.118. The van der Waals surface area contributed by atoms with E-state index in [0.29, 0.717) is 21.5 Å². The largest absolute Gasteiger partial charge is 0.482 e. The molecule has 0 radical (unpaired) electrons. The summed E-state index contributed by atoms with van der Waals surface area (Å²) in [7, 11) is 0. The zero-order chi connectivity index (χ0) is 17.9. The van der Waals surface area contributed by atoms with Gasteiger partial charge in [0.25, 0.3) is 5.91 Å². The van der Waals surface area contributed by atoms with Gasteiger partial charge in [-0.15, -0.1) is 0 Å². The van der Waals surface area contributed by atoms with Crippen molar-refractivity contribution in [2.75, 3.05) is 11.9 Å². The van der Waals surface area contributed by atoms with Gasteiger partial charge in [-0.25, -0.2) is 0 Å². The molecule has 1 amide bonds. The summed E-state index contributed by atoms with van der Waals surface area (Å²) in [4.78, 5) is 12.1. The molecule has 24 heavy (non-hydrogen) atoms. The lowest BCUT2D eigenvalue weighted by Crippen LogP contribution is -2.20. The molecule has 0 aliphatic rings. The Morgan fingerprint density at radius 2 is 1.88 bits per heavy atom. The van der Waals surface area contributed by atoms with Crippen molar-refractivity contribution in [2.24, 2.45) is 0 Å². The van der Waals surface area contributed by atoms with E-state index in [1.807, 2.05) is 18.2 Å². The van der Waals surface area contributed by atoms with Crippen molar-refractivity contribution < 1.29 is 9.53 Å². The SMILES string of the molecule is CC(C)(C)c1ccc(NC(=O)COc2cc(Cl)ccc2Cl)c(Br)c1. The summed E-state index contributed by atoms with van der Waals surface area (Å²) in [6.45, 7) is 6.24. The van der Waals surface area contributed by atoms with Gasteiger partial charge in [-0.05, 0) is 51.2 Å². The van der Waals surface area contributed by atoms with E-state index in [1.165, 1.54) is 5.56 Å². The van der Waals surface area contributed by atoms with Gasteiger partial charge in [-0.2, -0.15) is 0 Å². The van der Waals surface area contributed by atoms with E-state index in [1.54, 1.807) is 18.2 Å². The Morgan fingerprint density at radius 1 is 1.17 bits per heavy atom. The van der Waals surface area contributed by atoms with Crippen LogP contribution in [0.15, 0.2) is 40.9 Å². The van der Waals surface area contributed by atoms with Crippen LogP contribution in [-0.2, 0) is 10.2 Å². The maximum atomic E-state index is 12.1. The number of halogens is 3. The molecule has 2 rings (SSSR count). The van der Waals surface area contributed by atoms with Crippen molar-refractivity contribution in [3.63, 3.8) is 0 Å². The summed E-state index contributed by atoms with van der Waals surface area (Å²) >= 11 is 15.4. The Hall–Kier alpha value is -1.23. The molecule has 2 aromatic carbocycles. The maximum absolute atomic E-state index is 12.1. The zero-order valence-corrected chi connectivity index (χ0v) is 16.7. The predicted molar refractivity (Wildman–Crippen MR) is 103 cm³/mol. The van der Waals surface area contributed by atoms with E-state index in [0.717, 1.165) is 4.47 Å². The van der Waals surface area contributed by atoms with E-state index < -0.39 is 0 Å². The van der Waals surface area contributed by atoms with Crippen molar-refractivity contribution in [1.29, 1.82) is 0 Å². The first-order valence-electron chi connectivity index (χ1n) is 7.34. The van der Waals surface area contributed by atoms with Crippen molar-refractivity contribution >= 4 is 50.7 Å². The van der Waals surface area contributed by atoms with E-state index in [-0.39, 0.29) is 17.9 Å². The molecule has 3 nitrogen and oxygen atoms in total. The number of nitrogens with one attached hydrogen (secondary N) is 1. The molecule has 0 bridgehead atoms. The van der Waals surface area contributed by atoms with Gasteiger partial charge in [-0.3, -0.25) is 4.79 Å². The Kier molecular flexibility index (Phi) is 6.18. The first-order chi connectivity index (χ1) is 11.2. The number of benzene rings is 2. The molecular formula is C18H18BrCl2NO2. The van der Waals surface area contributed by atoms with Gasteiger partial charge < -0.3 is 10.1 Å². The summed E-state index contributed by atoms with van der Waals surface area (Å²) in [5.74, 6) is 0.0942. The fourth-order valence-electron chi connectivity index (χ4n) is 2.00. The van der Waals surface area contributed by atoms with Crippen LogP contribution in [0.5, 0.6) is 5.75 Å². The Balaban J connectivity index is 2.01. The highest BCUT2D eigenvalue weighted by atomic mass is 79.9. The van der Waals surface area contributed by atoms with Crippen molar-refractivity contribution in [3.05, 3.63) is 56.5 Å². The second kappa shape index (κ2) is 7.77. The Bertz CT molecular complexity index is 757. The lowest BCUT2D eigenvalue weighted by Gasteiger charge is -2.20. The number of carbonyl (C=O) groups is 1. The fraction of sp³-hybridized carbons (Fsp3) is 0.278. The van der Waals surface area contributed by atoms with E-state index >= 15 is 0 Å². The number of rotatable bonds is 4. The summed E-state index contributed by atoms with van der Waals surface area (Å²) in [5.41, 5.74) is 1.90. The molecule has 0 atom stereocenters. The van der Waals surface area contributed by atoms with Gasteiger partial charge in [-0.1, -0.05) is 50.0 Å². The van der Waals surface area contributed by atoms with Crippen LogP contribution in [0.2, 0.25) is 10.0 Å². The average Bonchev–Trinajstić information content (AvgIpc) is 2.49. The van der Waals surface area contributed by atoms with Gasteiger partial charge in [0.15, 0.2) is 6.61 Å². The molecule has 0 unspecified atom stereocenters. The summed E-state index contributed by atoms with van der Waals surface area (Å²) in [5, 5.41) is 3.71. The number of amides is 1. The minimum Gasteiger partial charge on any atom is -0.482 e. The smallest absolute Gasteiger partial charge is 0.262 e. The number of carbonyl (C=O) groups excluding carboxylic acids is 1.